The topological polar surface area (TPSA) is 87.0 Å². The fraction of sp³-hybridized carbons (Fsp3) is 0.300. The van der Waals surface area contributed by atoms with Crippen LogP contribution in [-0.2, 0) is 9.53 Å². The quantitative estimate of drug-likeness (QED) is 0.604. The molecule has 0 bridgehead atoms. The largest absolute Gasteiger partial charge is 0.479 e. The molecule has 1 aromatic carbocycles. The van der Waals surface area contributed by atoms with Crippen LogP contribution >= 0.6 is 0 Å². The number of hydrogen-bond donors (Lipinski definition) is 3. The Morgan fingerprint density at radius 3 is 2.40 bits per heavy atom. The predicted molar refractivity (Wildman–Crippen MR) is 51.0 cm³/mol. The van der Waals surface area contributed by atoms with E-state index in [0.717, 1.165) is 0 Å². The molecule has 0 radical (unpaired) electrons. The number of rotatable bonds is 5. The Labute approximate surface area is 86.5 Å². The van der Waals surface area contributed by atoms with Gasteiger partial charge in [0.1, 0.15) is 0 Å². The van der Waals surface area contributed by atoms with Crippen molar-refractivity contribution in [3.05, 3.63) is 35.9 Å². The van der Waals surface area contributed by atoms with Gasteiger partial charge in [-0.2, -0.15) is 0 Å². The third-order valence-electron chi connectivity index (χ3n) is 1.78. The first-order chi connectivity index (χ1) is 7.15. The smallest absolute Gasteiger partial charge is 0.337 e. The summed E-state index contributed by atoms with van der Waals surface area (Å²) in [4.78, 5) is 10.8. The number of hydrogen-bond acceptors (Lipinski definition) is 4. The summed E-state index contributed by atoms with van der Waals surface area (Å²) in [6.45, 7) is -0.642. The highest BCUT2D eigenvalue weighted by Gasteiger charge is 2.23. The average molecular weight is 212 g/mol. The van der Waals surface area contributed by atoms with Crippen molar-refractivity contribution in [3.8, 4) is 0 Å². The van der Waals surface area contributed by atoms with E-state index in [4.69, 9.17) is 20.1 Å². The lowest BCUT2D eigenvalue weighted by Gasteiger charge is -2.16. The van der Waals surface area contributed by atoms with E-state index in [1.54, 1.807) is 30.3 Å². The van der Waals surface area contributed by atoms with Crippen LogP contribution in [-0.4, -0.2) is 34.2 Å². The number of benzene rings is 1. The monoisotopic (exact) mass is 212 g/mol. The number of aliphatic carboxylic acids is 1. The second-order valence-corrected chi connectivity index (χ2v) is 2.90. The van der Waals surface area contributed by atoms with Gasteiger partial charge in [-0.25, -0.2) is 4.79 Å². The molecule has 0 aromatic heterocycles. The van der Waals surface area contributed by atoms with Gasteiger partial charge in [0.05, 0.1) is 6.61 Å². The maximum Gasteiger partial charge on any atom is 0.337 e. The molecule has 15 heavy (non-hydrogen) atoms. The first-order valence-electron chi connectivity index (χ1n) is 4.37. The molecule has 1 rings (SSSR count). The Morgan fingerprint density at radius 2 is 1.93 bits per heavy atom. The summed E-state index contributed by atoms with van der Waals surface area (Å²) in [6, 6.07) is 8.22. The first-order valence-corrected chi connectivity index (χ1v) is 4.37. The molecule has 0 spiro atoms. The van der Waals surface area contributed by atoms with Crippen molar-refractivity contribution in [3.63, 3.8) is 0 Å². The summed E-state index contributed by atoms with van der Waals surface area (Å²) in [5, 5.41) is 26.4. The maximum atomic E-state index is 10.8. The van der Waals surface area contributed by atoms with Gasteiger partial charge in [0.2, 0.25) is 0 Å². The van der Waals surface area contributed by atoms with Crippen LogP contribution in [0.5, 0.6) is 0 Å². The SMILES string of the molecule is O=C(O)C(OC(O)CO)c1ccccc1. The van der Waals surface area contributed by atoms with Crippen molar-refractivity contribution in [2.24, 2.45) is 0 Å². The molecule has 0 saturated carbocycles. The van der Waals surface area contributed by atoms with Crippen LogP contribution < -0.4 is 0 Å². The molecule has 5 heteroatoms. The van der Waals surface area contributed by atoms with E-state index in [2.05, 4.69) is 0 Å². The Hall–Kier alpha value is -1.43. The summed E-state index contributed by atoms with van der Waals surface area (Å²) >= 11 is 0. The van der Waals surface area contributed by atoms with Gasteiger partial charge in [0.15, 0.2) is 12.4 Å². The van der Waals surface area contributed by atoms with Crippen LogP contribution in [0.2, 0.25) is 0 Å². The molecule has 0 aliphatic heterocycles. The van der Waals surface area contributed by atoms with E-state index in [0.29, 0.717) is 5.56 Å². The minimum absolute atomic E-state index is 0.414. The van der Waals surface area contributed by atoms with Crippen LogP contribution in [0.15, 0.2) is 30.3 Å². The molecule has 0 aliphatic rings. The Morgan fingerprint density at radius 1 is 1.33 bits per heavy atom. The van der Waals surface area contributed by atoms with Gasteiger partial charge in [-0.1, -0.05) is 30.3 Å². The summed E-state index contributed by atoms with van der Waals surface area (Å²) in [7, 11) is 0. The number of ether oxygens (including phenoxy) is 1. The average Bonchev–Trinajstić information content (AvgIpc) is 2.26. The molecule has 0 fully saturated rings. The van der Waals surface area contributed by atoms with Crippen LogP contribution in [0.4, 0.5) is 0 Å². The van der Waals surface area contributed by atoms with Crippen molar-refractivity contribution in [1.29, 1.82) is 0 Å². The number of carboxylic acid groups (broad SMARTS) is 1. The summed E-state index contributed by atoms with van der Waals surface area (Å²) in [5.74, 6) is -1.21. The van der Waals surface area contributed by atoms with Crippen molar-refractivity contribution in [2.75, 3.05) is 6.61 Å². The van der Waals surface area contributed by atoms with E-state index >= 15 is 0 Å². The Balaban J connectivity index is 2.80. The second-order valence-electron chi connectivity index (χ2n) is 2.90. The summed E-state index contributed by atoms with van der Waals surface area (Å²) in [5.41, 5.74) is 0.414. The third kappa shape index (κ3) is 3.32. The van der Waals surface area contributed by atoms with E-state index in [1.807, 2.05) is 0 Å². The fourth-order valence-electron chi connectivity index (χ4n) is 1.11. The molecule has 82 valence electrons. The first kappa shape index (κ1) is 11.6. The van der Waals surface area contributed by atoms with Gasteiger partial charge in [0, 0.05) is 0 Å². The Bertz CT molecular complexity index is 311. The molecule has 0 saturated heterocycles. The molecule has 2 atom stereocenters. The zero-order valence-electron chi connectivity index (χ0n) is 7.91. The molecule has 2 unspecified atom stereocenters. The van der Waals surface area contributed by atoms with E-state index < -0.39 is 25.0 Å². The van der Waals surface area contributed by atoms with Crippen molar-refractivity contribution in [2.45, 2.75) is 12.4 Å². The highest BCUT2D eigenvalue weighted by molar-refractivity contribution is 5.74. The summed E-state index contributed by atoms with van der Waals surface area (Å²) in [6.07, 6.45) is -2.76. The molecular weight excluding hydrogens is 200 g/mol. The number of aliphatic hydroxyl groups is 2. The molecule has 5 nitrogen and oxygen atoms in total. The minimum atomic E-state index is -1.49. The minimum Gasteiger partial charge on any atom is -0.479 e. The lowest BCUT2D eigenvalue weighted by Crippen LogP contribution is -2.24. The third-order valence-corrected chi connectivity index (χ3v) is 1.78. The molecule has 1 aromatic rings. The maximum absolute atomic E-state index is 10.8. The van der Waals surface area contributed by atoms with Gasteiger partial charge in [0.25, 0.3) is 0 Å². The van der Waals surface area contributed by atoms with Crippen LogP contribution in [0.3, 0.4) is 0 Å². The fourth-order valence-corrected chi connectivity index (χ4v) is 1.11. The van der Waals surface area contributed by atoms with E-state index in [9.17, 15) is 4.79 Å². The van der Waals surface area contributed by atoms with Crippen LogP contribution in [0.25, 0.3) is 0 Å². The second kappa shape index (κ2) is 5.45. The lowest BCUT2D eigenvalue weighted by atomic mass is 10.1. The standard InChI is InChI=1S/C10H12O5/c11-6-8(12)15-9(10(13)14)7-4-2-1-3-5-7/h1-5,8-9,11-12H,6H2,(H,13,14). The molecule has 0 aliphatic carbocycles. The lowest BCUT2D eigenvalue weighted by molar-refractivity contribution is -0.184. The van der Waals surface area contributed by atoms with Crippen molar-refractivity contribution < 1.29 is 24.9 Å². The van der Waals surface area contributed by atoms with Crippen LogP contribution in [0.1, 0.15) is 11.7 Å². The van der Waals surface area contributed by atoms with Crippen LogP contribution in [0, 0.1) is 0 Å². The number of aliphatic hydroxyl groups excluding tert-OH is 2. The highest BCUT2D eigenvalue weighted by Crippen LogP contribution is 2.18. The van der Waals surface area contributed by atoms with Gasteiger partial charge in [-0.15, -0.1) is 0 Å². The highest BCUT2D eigenvalue weighted by atomic mass is 16.6. The predicted octanol–water partition coefficient (Wildman–Crippen LogP) is 0.140. The molecular formula is C10H12O5. The van der Waals surface area contributed by atoms with Crippen molar-refractivity contribution >= 4 is 5.97 Å². The normalized spacial score (nSPS) is 14.5. The van der Waals surface area contributed by atoms with Gasteiger partial charge in [-0.05, 0) is 5.56 Å². The Kier molecular flexibility index (Phi) is 4.23. The number of carboxylic acids is 1. The molecule has 0 heterocycles. The van der Waals surface area contributed by atoms with Crippen molar-refractivity contribution in [1.82, 2.24) is 0 Å². The van der Waals surface area contributed by atoms with Gasteiger partial charge < -0.3 is 20.1 Å². The number of carbonyl (C=O) groups is 1. The van der Waals surface area contributed by atoms with Gasteiger partial charge >= 0.3 is 5.97 Å². The zero-order chi connectivity index (χ0) is 11.3. The summed E-state index contributed by atoms with van der Waals surface area (Å²) < 4.78 is 4.75. The molecule has 0 amide bonds. The zero-order valence-corrected chi connectivity index (χ0v) is 7.91. The van der Waals surface area contributed by atoms with E-state index in [1.165, 1.54) is 0 Å². The molecule has 3 N–H and O–H groups in total. The van der Waals surface area contributed by atoms with E-state index in [-0.39, 0.29) is 0 Å². The van der Waals surface area contributed by atoms with Gasteiger partial charge in [-0.3, -0.25) is 0 Å².